The van der Waals surface area contributed by atoms with Crippen LogP contribution in [0.2, 0.25) is 5.02 Å². The molecule has 33 heavy (non-hydrogen) atoms. The molecule has 0 saturated heterocycles. The van der Waals surface area contributed by atoms with Crippen LogP contribution in [0.1, 0.15) is 22.7 Å². The second-order valence-electron chi connectivity index (χ2n) is 7.50. The first-order valence-corrected chi connectivity index (χ1v) is 10.8. The van der Waals surface area contributed by atoms with Crippen LogP contribution in [-0.2, 0) is 4.79 Å². The number of nitrogens with zero attached hydrogens (tertiary/aromatic N) is 3. The highest BCUT2D eigenvalue weighted by Gasteiger charge is 2.25. The molecule has 1 atom stereocenters. The molecule has 1 aromatic heterocycles. The first-order chi connectivity index (χ1) is 16.2. The Bertz CT molecular complexity index is 1330. The van der Waals surface area contributed by atoms with Gasteiger partial charge >= 0.3 is 0 Å². The lowest BCUT2D eigenvalue weighted by molar-refractivity contribution is -0.111. The fraction of sp³-hybridized carbons (Fsp3) is 0.0385. The number of benzene rings is 3. The highest BCUT2D eigenvalue weighted by atomic mass is 35.5. The number of allylic oxidation sites excluding steroid dienone is 1. The smallest absolute Gasteiger partial charge is 0.250 e. The van der Waals surface area contributed by atoms with Gasteiger partial charge in [0, 0.05) is 16.8 Å². The van der Waals surface area contributed by atoms with E-state index in [0.717, 1.165) is 22.4 Å². The predicted octanol–water partition coefficient (Wildman–Crippen LogP) is 5.64. The molecule has 0 bridgehead atoms. The molecule has 7 heteroatoms. The number of anilines is 2. The molecule has 1 aliphatic heterocycles. The number of amides is 1. The van der Waals surface area contributed by atoms with Crippen LogP contribution >= 0.6 is 11.6 Å². The lowest BCUT2D eigenvalue weighted by Crippen LogP contribution is -2.20. The van der Waals surface area contributed by atoms with Crippen LogP contribution in [0.25, 0.3) is 11.8 Å². The molecule has 5 rings (SSSR count). The highest BCUT2D eigenvalue weighted by Crippen LogP contribution is 2.33. The van der Waals surface area contributed by atoms with Crippen molar-refractivity contribution in [2.75, 3.05) is 10.6 Å². The fourth-order valence-electron chi connectivity index (χ4n) is 3.62. The van der Waals surface area contributed by atoms with E-state index in [0.29, 0.717) is 11.0 Å². The Labute approximate surface area is 196 Å². The van der Waals surface area contributed by atoms with Crippen LogP contribution in [0.5, 0.6) is 0 Å². The van der Waals surface area contributed by atoms with Gasteiger partial charge in [-0.1, -0.05) is 84.4 Å². The van der Waals surface area contributed by atoms with Crippen molar-refractivity contribution in [3.63, 3.8) is 0 Å². The standard InChI is InChI=1S/C26H20ClN5O/c27-21-14-12-19(13-15-21)22-17-23(20-9-5-2-6-10-20)32-26(28-22)30-25(31-32)29-24(33)16-11-18-7-3-1-4-8-18/h1-17,23H,(H2,28,29,30,31,33)/b16-11+. The van der Waals surface area contributed by atoms with Crippen LogP contribution in [0, 0.1) is 0 Å². The van der Waals surface area contributed by atoms with Crippen molar-refractivity contribution >= 4 is 41.2 Å². The zero-order valence-electron chi connectivity index (χ0n) is 17.5. The van der Waals surface area contributed by atoms with E-state index in [1.807, 2.05) is 84.9 Å². The van der Waals surface area contributed by atoms with E-state index in [2.05, 4.69) is 26.8 Å². The lowest BCUT2D eigenvalue weighted by Gasteiger charge is -2.24. The third-order valence-corrected chi connectivity index (χ3v) is 5.48. The number of carbonyl (C=O) groups is 1. The maximum atomic E-state index is 12.4. The van der Waals surface area contributed by atoms with Crippen LogP contribution in [0.3, 0.4) is 0 Å². The van der Waals surface area contributed by atoms with Crippen molar-refractivity contribution in [1.29, 1.82) is 0 Å². The number of nitrogens with one attached hydrogen (secondary N) is 2. The Morgan fingerprint density at radius 3 is 2.39 bits per heavy atom. The summed E-state index contributed by atoms with van der Waals surface area (Å²) in [5.74, 6) is 0.467. The molecule has 4 aromatic rings. The molecule has 1 aliphatic rings. The number of halogens is 1. The van der Waals surface area contributed by atoms with Gasteiger partial charge in [0.05, 0.1) is 0 Å². The molecule has 0 radical (unpaired) electrons. The lowest BCUT2D eigenvalue weighted by atomic mass is 10.0. The van der Waals surface area contributed by atoms with Crippen molar-refractivity contribution in [1.82, 2.24) is 14.8 Å². The summed E-state index contributed by atoms with van der Waals surface area (Å²) in [6.07, 6.45) is 5.30. The number of fused-ring (bicyclic) bond motifs is 1. The van der Waals surface area contributed by atoms with Gasteiger partial charge in [-0.2, -0.15) is 4.98 Å². The van der Waals surface area contributed by atoms with Gasteiger partial charge in [0.1, 0.15) is 6.04 Å². The van der Waals surface area contributed by atoms with Crippen LogP contribution in [-0.4, -0.2) is 20.7 Å². The van der Waals surface area contributed by atoms with Crippen molar-refractivity contribution in [2.24, 2.45) is 0 Å². The molecule has 162 valence electrons. The maximum absolute atomic E-state index is 12.4. The molecule has 2 N–H and O–H groups in total. The quantitative estimate of drug-likeness (QED) is 0.383. The molecule has 1 unspecified atom stereocenters. The van der Waals surface area contributed by atoms with Gasteiger partial charge in [0.25, 0.3) is 11.9 Å². The monoisotopic (exact) mass is 453 g/mol. The van der Waals surface area contributed by atoms with E-state index in [9.17, 15) is 4.79 Å². The van der Waals surface area contributed by atoms with Crippen LogP contribution in [0.15, 0.2) is 97.1 Å². The van der Waals surface area contributed by atoms with Crippen LogP contribution < -0.4 is 10.6 Å². The summed E-state index contributed by atoms with van der Waals surface area (Å²) in [7, 11) is 0. The SMILES string of the molecule is O=C(/C=C/c1ccccc1)Nc1nc2n(n1)C(c1ccccc1)C=C(c1ccc(Cl)cc1)N2. The molecule has 0 spiro atoms. The highest BCUT2D eigenvalue weighted by molar-refractivity contribution is 6.30. The molecule has 6 nitrogen and oxygen atoms in total. The summed E-state index contributed by atoms with van der Waals surface area (Å²) in [4.78, 5) is 17.0. The minimum atomic E-state index is -0.302. The molecule has 2 heterocycles. The summed E-state index contributed by atoms with van der Waals surface area (Å²) in [5.41, 5.74) is 3.86. The number of aromatic nitrogens is 3. The van der Waals surface area contributed by atoms with Crippen molar-refractivity contribution in [3.05, 3.63) is 119 Å². The summed E-state index contributed by atoms with van der Waals surface area (Å²) in [5, 5.41) is 11.3. The van der Waals surface area contributed by atoms with E-state index in [4.69, 9.17) is 11.6 Å². The van der Waals surface area contributed by atoms with E-state index in [1.54, 1.807) is 10.8 Å². The second-order valence-corrected chi connectivity index (χ2v) is 7.94. The third kappa shape index (κ3) is 4.71. The van der Waals surface area contributed by atoms with E-state index < -0.39 is 0 Å². The average Bonchev–Trinajstić information content (AvgIpc) is 3.26. The van der Waals surface area contributed by atoms with E-state index in [1.165, 1.54) is 6.08 Å². The number of rotatable bonds is 5. The molecular weight excluding hydrogens is 434 g/mol. The Balaban J connectivity index is 1.43. The Hall–Kier alpha value is -4.16. The van der Waals surface area contributed by atoms with Gasteiger partial charge in [0.2, 0.25) is 5.95 Å². The number of carbonyl (C=O) groups excluding carboxylic acids is 1. The molecule has 0 aliphatic carbocycles. The van der Waals surface area contributed by atoms with Crippen molar-refractivity contribution < 1.29 is 4.79 Å². The van der Waals surface area contributed by atoms with Gasteiger partial charge in [-0.05, 0) is 41.0 Å². The molecule has 3 aromatic carbocycles. The number of hydrogen-bond acceptors (Lipinski definition) is 4. The van der Waals surface area contributed by atoms with Crippen molar-refractivity contribution in [2.45, 2.75) is 6.04 Å². The predicted molar refractivity (Wildman–Crippen MR) is 132 cm³/mol. The molecule has 1 amide bonds. The molecule has 0 fully saturated rings. The Morgan fingerprint density at radius 1 is 0.970 bits per heavy atom. The summed E-state index contributed by atoms with van der Waals surface area (Å²) in [6, 6.07) is 27.1. The van der Waals surface area contributed by atoms with Gasteiger partial charge in [-0.25, -0.2) is 4.68 Å². The summed E-state index contributed by atoms with van der Waals surface area (Å²) >= 11 is 6.06. The van der Waals surface area contributed by atoms with Gasteiger partial charge in [0.15, 0.2) is 0 Å². The van der Waals surface area contributed by atoms with Gasteiger partial charge < -0.3 is 5.32 Å². The average molecular weight is 454 g/mol. The molecular formula is C26H20ClN5O. The topological polar surface area (TPSA) is 71.8 Å². The second kappa shape index (κ2) is 9.14. The number of hydrogen-bond donors (Lipinski definition) is 2. The minimum absolute atomic E-state index is 0.189. The van der Waals surface area contributed by atoms with Crippen LogP contribution in [0.4, 0.5) is 11.9 Å². The largest absolute Gasteiger partial charge is 0.324 e. The Kier molecular flexibility index (Phi) is 5.74. The third-order valence-electron chi connectivity index (χ3n) is 5.22. The summed E-state index contributed by atoms with van der Waals surface area (Å²) < 4.78 is 1.77. The fourth-order valence-corrected chi connectivity index (χ4v) is 3.75. The minimum Gasteiger partial charge on any atom is -0.324 e. The summed E-state index contributed by atoms with van der Waals surface area (Å²) in [6.45, 7) is 0. The van der Waals surface area contributed by atoms with Gasteiger partial charge in [-0.15, -0.1) is 5.10 Å². The first-order valence-electron chi connectivity index (χ1n) is 10.5. The molecule has 0 saturated carbocycles. The zero-order chi connectivity index (χ0) is 22.6. The van der Waals surface area contributed by atoms with E-state index >= 15 is 0 Å². The zero-order valence-corrected chi connectivity index (χ0v) is 18.3. The van der Waals surface area contributed by atoms with E-state index in [-0.39, 0.29) is 17.9 Å². The Morgan fingerprint density at radius 2 is 1.67 bits per heavy atom. The van der Waals surface area contributed by atoms with Gasteiger partial charge in [-0.3, -0.25) is 10.1 Å². The maximum Gasteiger partial charge on any atom is 0.250 e. The normalized spacial score (nSPS) is 14.9. The first kappa shape index (κ1) is 20.7. The van der Waals surface area contributed by atoms with Crippen molar-refractivity contribution in [3.8, 4) is 0 Å².